The van der Waals surface area contributed by atoms with Crippen molar-refractivity contribution in [1.29, 1.82) is 0 Å². The fraction of sp³-hybridized carbons (Fsp3) is 0.250. The van der Waals surface area contributed by atoms with Gasteiger partial charge in [-0.1, -0.05) is 17.7 Å². The number of anilines is 2. The highest BCUT2D eigenvalue weighted by Crippen LogP contribution is 2.30. The molecule has 0 saturated carbocycles. The van der Waals surface area contributed by atoms with E-state index in [1.54, 1.807) is 36.4 Å². The number of ether oxygens (including phenoxy) is 2. The van der Waals surface area contributed by atoms with Gasteiger partial charge in [0, 0.05) is 29.6 Å². The molecule has 0 radical (unpaired) electrons. The number of hydrazone groups is 1. The van der Waals surface area contributed by atoms with Crippen molar-refractivity contribution in [3.05, 3.63) is 47.0 Å². The largest absolute Gasteiger partial charge is 0.493 e. The average Bonchev–Trinajstić information content (AvgIpc) is 2.70. The molecule has 2 aromatic carbocycles. The molecular weight excluding hydrogens is 382 g/mol. The molecule has 1 aliphatic heterocycles. The molecule has 1 heterocycles. The Hall–Kier alpha value is -3.06. The molecule has 1 N–H and O–H groups in total. The molecule has 8 heteroatoms. The Balaban J connectivity index is 1.83. The zero-order chi connectivity index (χ0) is 20.3. The SMILES string of the molecule is COc1ccc(NC(=O)C2=NN(c3ccc(C)c(Cl)c3)C(=O)CC2)cc1OC. The Bertz CT molecular complexity index is 958. The van der Waals surface area contributed by atoms with E-state index in [0.717, 1.165) is 5.56 Å². The summed E-state index contributed by atoms with van der Waals surface area (Å²) in [6, 6.07) is 10.3. The number of nitrogens with zero attached hydrogens (tertiary/aromatic N) is 2. The topological polar surface area (TPSA) is 80.2 Å². The first-order valence-electron chi connectivity index (χ1n) is 8.63. The molecule has 0 bridgehead atoms. The molecule has 0 spiro atoms. The van der Waals surface area contributed by atoms with Gasteiger partial charge in [0.1, 0.15) is 5.71 Å². The maximum atomic E-state index is 12.6. The van der Waals surface area contributed by atoms with Crippen LogP contribution in [0.15, 0.2) is 41.5 Å². The van der Waals surface area contributed by atoms with Gasteiger partial charge in [0.2, 0.25) is 5.91 Å². The van der Waals surface area contributed by atoms with E-state index in [1.165, 1.54) is 19.2 Å². The van der Waals surface area contributed by atoms with Gasteiger partial charge in [-0.2, -0.15) is 5.10 Å². The summed E-state index contributed by atoms with van der Waals surface area (Å²) in [7, 11) is 3.06. The summed E-state index contributed by atoms with van der Waals surface area (Å²) in [4.78, 5) is 24.9. The third-order valence-corrected chi connectivity index (χ3v) is 4.74. The standard InChI is InChI=1S/C20H20ClN3O4/c1-12-4-6-14(11-15(12)21)24-19(25)9-7-16(23-24)20(26)22-13-5-8-17(27-2)18(10-13)28-3/h4-6,8,10-11H,7,9H2,1-3H3,(H,22,26). The van der Waals surface area contributed by atoms with Crippen LogP contribution in [0, 0.1) is 6.92 Å². The lowest BCUT2D eigenvalue weighted by Crippen LogP contribution is -2.36. The van der Waals surface area contributed by atoms with E-state index in [0.29, 0.717) is 27.9 Å². The van der Waals surface area contributed by atoms with Crippen molar-refractivity contribution in [2.45, 2.75) is 19.8 Å². The van der Waals surface area contributed by atoms with Gasteiger partial charge in [-0.05, 0) is 36.8 Å². The Morgan fingerprint density at radius 1 is 1.11 bits per heavy atom. The monoisotopic (exact) mass is 401 g/mol. The van der Waals surface area contributed by atoms with Crippen molar-refractivity contribution in [3.63, 3.8) is 0 Å². The highest BCUT2D eigenvalue weighted by molar-refractivity contribution is 6.44. The third kappa shape index (κ3) is 4.09. The number of hydrogen-bond donors (Lipinski definition) is 1. The van der Waals surface area contributed by atoms with Crippen LogP contribution in [0.25, 0.3) is 0 Å². The minimum absolute atomic E-state index is 0.184. The predicted octanol–water partition coefficient (Wildman–Crippen LogP) is 3.79. The van der Waals surface area contributed by atoms with Crippen molar-refractivity contribution < 1.29 is 19.1 Å². The van der Waals surface area contributed by atoms with Crippen LogP contribution < -0.4 is 19.8 Å². The zero-order valence-electron chi connectivity index (χ0n) is 15.8. The van der Waals surface area contributed by atoms with Crippen LogP contribution in [0.3, 0.4) is 0 Å². The lowest BCUT2D eigenvalue weighted by Gasteiger charge is -2.23. The maximum Gasteiger partial charge on any atom is 0.271 e. The van der Waals surface area contributed by atoms with Crippen LogP contribution in [-0.2, 0) is 9.59 Å². The number of rotatable bonds is 5. The lowest BCUT2D eigenvalue weighted by atomic mass is 10.1. The van der Waals surface area contributed by atoms with Crippen molar-refractivity contribution in [3.8, 4) is 11.5 Å². The molecule has 0 aliphatic carbocycles. The highest BCUT2D eigenvalue weighted by atomic mass is 35.5. The van der Waals surface area contributed by atoms with Crippen molar-refractivity contribution >= 4 is 40.5 Å². The molecule has 7 nitrogen and oxygen atoms in total. The van der Waals surface area contributed by atoms with Crippen LogP contribution in [0.4, 0.5) is 11.4 Å². The lowest BCUT2D eigenvalue weighted by molar-refractivity contribution is -0.118. The van der Waals surface area contributed by atoms with E-state index < -0.39 is 0 Å². The fourth-order valence-electron chi connectivity index (χ4n) is 2.75. The number of halogens is 1. The Kier molecular flexibility index (Phi) is 5.84. The Morgan fingerprint density at radius 3 is 2.54 bits per heavy atom. The molecule has 146 valence electrons. The summed E-state index contributed by atoms with van der Waals surface area (Å²) < 4.78 is 10.4. The summed E-state index contributed by atoms with van der Waals surface area (Å²) in [5, 5.41) is 8.78. The predicted molar refractivity (Wildman–Crippen MR) is 109 cm³/mol. The molecule has 1 aliphatic rings. The van der Waals surface area contributed by atoms with Crippen LogP contribution in [-0.4, -0.2) is 31.7 Å². The van der Waals surface area contributed by atoms with Gasteiger partial charge in [0.15, 0.2) is 11.5 Å². The number of aryl methyl sites for hydroxylation is 1. The molecular formula is C20H20ClN3O4. The van der Waals surface area contributed by atoms with Gasteiger partial charge < -0.3 is 14.8 Å². The van der Waals surface area contributed by atoms with Crippen LogP contribution >= 0.6 is 11.6 Å². The Morgan fingerprint density at radius 2 is 1.86 bits per heavy atom. The van der Waals surface area contributed by atoms with Crippen molar-refractivity contribution in [2.24, 2.45) is 5.10 Å². The van der Waals surface area contributed by atoms with Gasteiger partial charge in [-0.3, -0.25) is 9.59 Å². The summed E-state index contributed by atoms with van der Waals surface area (Å²) >= 11 is 6.15. The summed E-state index contributed by atoms with van der Waals surface area (Å²) in [6.45, 7) is 1.87. The summed E-state index contributed by atoms with van der Waals surface area (Å²) in [5.74, 6) is 0.478. The second-order valence-corrected chi connectivity index (χ2v) is 6.62. The van der Waals surface area contributed by atoms with Gasteiger partial charge in [0.05, 0.1) is 19.9 Å². The average molecular weight is 402 g/mol. The quantitative estimate of drug-likeness (QED) is 0.826. The van der Waals surface area contributed by atoms with E-state index in [4.69, 9.17) is 21.1 Å². The highest BCUT2D eigenvalue weighted by Gasteiger charge is 2.26. The van der Waals surface area contributed by atoms with Gasteiger partial charge in [-0.15, -0.1) is 0 Å². The second-order valence-electron chi connectivity index (χ2n) is 6.21. The van der Waals surface area contributed by atoms with Crippen LogP contribution in [0.2, 0.25) is 5.02 Å². The molecule has 0 fully saturated rings. The Labute approximate surface area is 167 Å². The zero-order valence-corrected chi connectivity index (χ0v) is 16.5. The second kappa shape index (κ2) is 8.31. The first-order valence-corrected chi connectivity index (χ1v) is 9.00. The number of hydrogen-bond acceptors (Lipinski definition) is 5. The minimum Gasteiger partial charge on any atom is -0.493 e. The van der Waals surface area contributed by atoms with Crippen LogP contribution in [0.5, 0.6) is 11.5 Å². The number of nitrogens with one attached hydrogen (secondary N) is 1. The van der Waals surface area contributed by atoms with E-state index in [9.17, 15) is 9.59 Å². The third-order valence-electron chi connectivity index (χ3n) is 4.34. The van der Waals surface area contributed by atoms with E-state index in [2.05, 4.69) is 10.4 Å². The first-order chi connectivity index (χ1) is 13.4. The van der Waals surface area contributed by atoms with Crippen LogP contribution in [0.1, 0.15) is 18.4 Å². The number of methoxy groups -OCH3 is 2. The van der Waals surface area contributed by atoms with E-state index in [1.807, 2.05) is 6.92 Å². The van der Waals surface area contributed by atoms with Gasteiger partial charge in [0.25, 0.3) is 5.91 Å². The molecule has 0 atom stereocenters. The smallest absolute Gasteiger partial charge is 0.271 e. The van der Waals surface area contributed by atoms with Crippen molar-refractivity contribution in [1.82, 2.24) is 0 Å². The van der Waals surface area contributed by atoms with Gasteiger partial charge >= 0.3 is 0 Å². The fourth-order valence-corrected chi connectivity index (χ4v) is 2.92. The molecule has 2 amide bonds. The molecule has 0 aromatic heterocycles. The molecule has 2 aromatic rings. The maximum absolute atomic E-state index is 12.6. The molecule has 0 saturated heterocycles. The number of amides is 2. The normalized spacial score (nSPS) is 13.8. The van der Waals surface area contributed by atoms with E-state index >= 15 is 0 Å². The molecule has 0 unspecified atom stereocenters. The number of benzene rings is 2. The summed E-state index contributed by atoms with van der Waals surface area (Å²) in [5.41, 5.74) is 2.21. The first kappa shape index (κ1) is 19.7. The summed E-state index contributed by atoms with van der Waals surface area (Å²) in [6.07, 6.45) is 0.442. The molecule has 3 rings (SSSR count). The minimum atomic E-state index is -0.386. The molecule has 28 heavy (non-hydrogen) atoms. The number of carbonyl (C=O) groups is 2. The van der Waals surface area contributed by atoms with Crippen molar-refractivity contribution in [2.75, 3.05) is 24.5 Å². The van der Waals surface area contributed by atoms with E-state index in [-0.39, 0.29) is 30.4 Å². The van der Waals surface area contributed by atoms with Gasteiger partial charge in [-0.25, -0.2) is 5.01 Å². The number of carbonyl (C=O) groups excluding carboxylic acids is 2.